The zero-order valence-corrected chi connectivity index (χ0v) is 12.7. The van der Waals surface area contributed by atoms with Crippen molar-refractivity contribution in [3.05, 3.63) is 29.9 Å². The van der Waals surface area contributed by atoms with E-state index in [1.165, 1.54) is 24.1 Å². The van der Waals surface area contributed by atoms with Gasteiger partial charge in [-0.05, 0) is 32.1 Å². The van der Waals surface area contributed by atoms with E-state index in [0.717, 1.165) is 38.9 Å². The van der Waals surface area contributed by atoms with Crippen LogP contribution in [0.15, 0.2) is 24.2 Å². The summed E-state index contributed by atoms with van der Waals surface area (Å²) in [7, 11) is 2.04. The molecule has 21 heavy (non-hydrogen) atoms. The molecule has 1 saturated heterocycles. The fourth-order valence-electron chi connectivity index (χ4n) is 3.34. The van der Waals surface area contributed by atoms with Gasteiger partial charge in [0.1, 0.15) is 0 Å². The number of rotatable bonds is 3. The Kier molecular flexibility index (Phi) is 4.27. The molecule has 0 atom stereocenters. The Morgan fingerprint density at radius 1 is 1.43 bits per heavy atom. The standard InChI is InChI=1S/C16H24N4O/c1-19-12-17-11-15(19)14-6-8-20(9-7-14)16(21)18-10-13-4-2-3-5-13/h4,11-12,14H,2-3,5-10H2,1H3,(H,18,21). The highest BCUT2D eigenvalue weighted by molar-refractivity contribution is 5.74. The predicted molar refractivity (Wildman–Crippen MR) is 82.1 cm³/mol. The minimum Gasteiger partial charge on any atom is -0.337 e. The molecular weight excluding hydrogens is 264 g/mol. The van der Waals surface area contributed by atoms with Crippen LogP contribution in [0.25, 0.3) is 0 Å². The first kappa shape index (κ1) is 14.2. The summed E-state index contributed by atoms with van der Waals surface area (Å²) in [5.41, 5.74) is 2.67. The van der Waals surface area contributed by atoms with Crippen LogP contribution in [0, 0.1) is 0 Å². The zero-order valence-electron chi connectivity index (χ0n) is 12.7. The Morgan fingerprint density at radius 3 is 2.86 bits per heavy atom. The number of carbonyl (C=O) groups excluding carboxylic acids is 1. The molecule has 0 bridgehead atoms. The normalized spacial score (nSPS) is 19.7. The van der Waals surface area contributed by atoms with Gasteiger partial charge in [0.05, 0.1) is 6.33 Å². The molecule has 1 aromatic heterocycles. The van der Waals surface area contributed by atoms with Gasteiger partial charge < -0.3 is 14.8 Å². The number of imidazole rings is 1. The number of aryl methyl sites for hydroxylation is 1. The number of allylic oxidation sites excluding steroid dienone is 1. The van der Waals surface area contributed by atoms with Gasteiger partial charge in [0, 0.05) is 44.5 Å². The second-order valence-corrected chi connectivity index (χ2v) is 6.10. The topological polar surface area (TPSA) is 50.2 Å². The van der Waals surface area contributed by atoms with Crippen molar-refractivity contribution < 1.29 is 4.79 Å². The van der Waals surface area contributed by atoms with Gasteiger partial charge in [-0.15, -0.1) is 0 Å². The molecule has 114 valence electrons. The van der Waals surface area contributed by atoms with E-state index in [0.29, 0.717) is 5.92 Å². The molecular formula is C16H24N4O. The average molecular weight is 288 g/mol. The summed E-state index contributed by atoms with van der Waals surface area (Å²) in [4.78, 5) is 18.3. The molecule has 2 amide bonds. The molecule has 2 aliphatic rings. The third-order valence-electron chi connectivity index (χ3n) is 4.66. The first-order valence-electron chi connectivity index (χ1n) is 7.91. The van der Waals surface area contributed by atoms with Crippen LogP contribution in [0.1, 0.15) is 43.7 Å². The van der Waals surface area contributed by atoms with Crippen molar-refractivity contribution >= 4 is 6.03 Å². The van der Waals surface area contributed by atoms with Gasteiger partial charge in [-0.1, -0.05) is 11.6 Å². The summed E-state index contributed by atoms with van der Waals surface area (Å²) in [5, 5.41) is 3.06. The number of aromatic nitrogens is 2. The maximum Gasteiger partial charge on any atom is 0.317 e. The van der Waals surface area contributed by atoms with Gasteiger partial charge in [0.2, 0.25) is 0 Å². The van der Waals surface area contributed by atoms with Crippen LogP contribution < -0.4 is 5.32 Å². The van der Waals surface area contributed by atoms with E-state index in [-0.39, 0.29) is 6.03 Å². The molecule has 5 nitrogen and oxygen atoms in total. The summed E-state index contributed by atoms with van der Waals surface area (Å²) in [6, 6.07) is 0.0891. The van der Waals surface area contributed by atoms with Crippen LogP contribution >= 0.6 is 0 Å². The van der Waals surface area contributed by atoms with Crippen LogP contribution in [0.5, 0.6) is 0 Å². The molecule has 0 unspecified atom stereocenters. The summed E-state index contributed by atoms with van der Waals surface area (Å²) < 4.78 is 2.09. The lowest BCUT2D eigenvalue weighted by atomic mass is 9.94. The molecule has 5 heteroatoms. The average Bonchev–Trinajstić information content (AvgIpc) is 3.16. The Morgan fingerprint density at radius 2 is 2.24 bits per heavy atom. The summed E-state index contributed by atoms with van der Waals surface area (Å²) in [6.45, 7) is 2.39. The van der Waals surface area contributed by atoms with E-state index in [9.17, 15) is 4.79 Å². The Hall–Kier alpha value is -1.78. The van der Waals surface area contributed by atoms with Crippen LogP contribution in [0.2, 0.25) is 0 Å². The highest BCUT2D eigenvalue weighted by Crippen LogP contribution is 2.27. The minimum absolute atomic E-state index is 0.0891. The highest BCUT2D eigenvalue weighted by Gasteiger charge is 2.25. The smallest absolute Gasteiger partial charge is 0.317 e. The fraction of sp³-hybridized carbons (Fsp3) is 0.625. The van der Waals surface area contributed by atoms with Crippen LogP contribution in [-0.4, -0.2) is 40.1 Å². The second-order valence-electron chi connectivity index (χ2n) is 6.10. The van der Waals surface area contributed by atoms with Gasteiger partial charge in [-0.25, -0.2) is 9.78 Å². The molecule has 3 rings (SSSR count). The number of hydrogen-bond acceptors (Lipinski definition) is 2. The largest absolute Gasteiger partial charge is 0.337 e. The lowest BCUT2D eigenvalue weighted by Gasteiger charge is -2.32. The van der Waals surface area contributed by atoms with Gasteiger partial charge >= 0.3 is 6.03 Å². The molecule has 1 N–H and O–H groups in total. The first-order chi connectivity index (χ1) is 10.2. The van der Waals surface area contributed by atoms with E-state index in [1.807, 2.05) is 24.5 Å². The van der Waals surface area contributed by atoms with Crippen molar-refractivity contribution in [1.82, 2.24) is 19.8 Å². The molecule has 0 saturated carbocycles. The first-order valence-corrected chi connectivity index (χ1v) is 7.91. The minimum atomic E-state index is 0.0891. The Balaban J connectivity index is 1.46. The van der Waals surface area contributed by atoms with Gasteiger partial charge in [-0.3, -0.25) is 0 Å². The van der Waals surface area contributed by atoms with E-state index >= 15 is 0 Å². The monoisotopic (exact) mass is 288 g/mol. The number of urea groups is 1. The molecule has 1 fully saturated rings. The van der Waals surface area contributed by atoms with Gasteiger partial charge in [0.25, 0.3) is 0 Å². The van der Waals surface area contributed by atoms with E-state index in [1.54, 1.807) is 0 Å². The van der Waals surface area contributed by atoms with E-state index < -0.39 is 0 Å². The van der Waals surface area contributed by atoms with E-state index in [4.69, 9.17) is 0 Å². The van der Waals surface area contributed by atoms with Crippen molar-refractivity contribution in [2.75, 3.05) is 19.6 Å². The molecule has 1 aliphatic heterocycles. The van der Waals surface area contributed by atoms with Crippen LogP contribution in [0.3, 0.4) is 0 Å². The van der Waals surface area contributed by atoms with Gasteiger partial charge in [0.15, 0.2) is 0 Å². The Bertz CT molecular complexity index is 526. The van der Waals surface area contributed by atoms with Crippen molar-refractivity contribution in [3.63, 3.8) is 0 Å². The maximum absolute atomic E-state index is 12.2. The molecule has 0 spiro atoms. The van der Waals surface area contributed by atoms with Gasteiger partial charge in [-0.2, -0.15) is 0 Å². The summed E-state index contributed by atoms with van der Waals surface area (Å²) in [6.07, 6.45) is 11.7. The van der Waals surface area contributed by atoms with E-state index in [2.05, 4.69) is 20.9 Å². The molecule has 1 aliphatic carbocycles. The fourth-order valence-corrected chi connectivity index (χ4v) is 3.34. The number of likely N-dealkylation sites (tertiary alicyclic amines) is 1. The number of amides is 2. The van der Waals surface area contributed by atoms with Crippen molar-refractivity contribution in [1.29, 1.82) is 0 Å². The maximum atomic E-state index is 12.2. The molecule has 0 aromatic carbocycles. The zero-order chi connectivity index (χ0) is 14.7. The second kappa shape index (κ2) is 6.33. The third kappa shape index (κ3) is 3.28. The SMILES string of the molecule is Cn1cncc1C1CCN(C(=O)NCC2=CCCC2)CC1. The number of piperidine rings is 1. The summed E-state index contributed by atoms with van der Waals surface area (Å²) >= 11 is 0. The van der Waals surface area contributed by atoms with Crippen molar-refractivity contribution in [2.24, 2.45) is 7.05 Å². The number of nitrogens with one attached hydrogen (secondary N) is 1. The Labute approximate surface area is 126 Å². The predicted octanol–water partition coefficient (Wildman–Crippen LogP) is 2.42. The molecule has 0 radical (unpaired) electrons. The highest BCUT2D eigenvalue weighted by atomic mass is 16.2. The number of carbonyl (C=O) groups is 1. The molecule has 2 heterocycles. The number of hydrogen-bond donors (Lipinski definition) is 1. The quantitative estimate of drug-likeness (QED) is 0.868. The van der Waals surface area contributed by atoms with Crippen LogP contribution in [0.4, 0.5) is 4.79 Å². The third-order valence-corrected chi connectivity index (χ3v) is 4.66. The molecule has 1 aromatic rings. The lowest BCUT2D eigenvalue weighted by molar-refractivity contribution is 0.181. The van der Waals surface area contributed by atoms with Crippen LogP contribution in [-0.2, 0) is 7.05 Å². The number of nitrogens with zero attached hydrogens (tertiary/aromatic N) is 3. The summed E-state index contributed by atoms with van der Waals surface area (Å²) in [5.74, 6) is 0.527. The lowest BCUT2D eigenvalue weighted by Crippen LogP contribution is -2.44. The van der Waals surface area contributed by atoms with Crippen molar-refractivity contribution in [2.45, 2.75) is 38.0 Å². The van der Waals surface area contributed by atoms with Crippen molar-refractivity contribution in [3.8, 4) is 0 Å².